The molecule has 31 heavy (non-hydrogen) atoms. The quantitative estimate of drug-likeness (QED) is 0.489. The van der Waals surface area contributed by atoms with Crippen molar-refractivity contribution in [2.45, 2.75) is 45.4 Å². The van der Waals surface area contributed by atoms with Crippen LogP contribution in [0.15, 0.2) is 24.3 Å². The molecular weight excluding hydrogens is 405 g/mol. The van der Waals surface area contributed by atoms with Crippen LogP contribution in [0, 0.1) is 11.7 Å². The Balaban J connectivity index is 1.56. The minimum absolute atomic E-state index is 0.144. The fourth-order valence-electron chi connectivity index (χ4n) is 3.72. The Bertz CT molecular complexity index is 793. The number of esters is 1. The van der Waals surface area contributed by atoms with Gasteiger partial charge in [-0.15, -0.1) is 0 Å². The minimum Gasteiger partial charge on any atom is -0.464 e. The van der Waals surface area contributed by atoms with E-state index in [1.165, 1.54) is 12.1 Å². The van der Waals surface area contributed by atoms with E-state index >= 15 is 0 Å². The molecule has 0 radical (unpaired) electrons. The lowest BCUT2D eigenvalue weighted by atomic mass is 10.0. The van der Waals surface area contributed by atoms with Gasteiger partial charge >= 0.3 is 5.97 Å². The third-order valence-electron chi connectivity index (χ3n) is 5.37. The van der Waals surface area contributed by atoms with Gasteiger partial charge in [0.2, 0.25) is 5.91 Å². The molecule has 3 rings (SSSR count). The third-order valence-corrected chi connectivity index (χ3v) is 5.37. The van der Waals surface area contributed by atoms with Crippen molar-refractivity contribution >= 4 is 23.5 Å². The number of epoxide rings is 1. The Hall–Kier alpha value is -2.68. The second-order valence-corrected chi connectivity index (χ2v) is 8.21. The molecule has 170 valence electrons. The molecule has 0 spiro atoms. The highest BCUT2D eigenvalue weighted by molar-refractivity contribution is 5.95. The van der Waals surface area contributed by atoms with Crippen LogP contribution in [-0.4, -0.2) is 73.7 Å². The van der Waals surface area contributed by atoms with Crippen LogP contribution >= 0.6 is 0 Å². The summed E-state index contributed by atoms with van der Waals surface area (Å²) in [5.41, 5.74) is 0.913. The predicted molar refractivity (Wildman–Crippen MR) is 112 cm³/mol. The van der Waals surface area contributed by atoms with Crippen molar-refractivity contribution in [3.63, 3.8) is 0 Å². The summed E-state index contributed by atoms with van der Waals surface area (Å²) in [5, 5.41) is 2.77. The second-order valence-electron chi connectivity index (χ2n) is 8.21. The lowest BCUT2D eigenvalue weighted by molar-refractivity contribution is -0.144. The van der Waals surface area contributed by atoms with Gasteiger partial charge in [0.05, 0.1) is 6.61 Å². The van der Waals surface area contributed by atoms with Crippen molar-refractivity contribution in [1.29, 1.82) is 0 Å². The number of ether oxygens (including phenoxy) is 2. The molecule has 1 aromatic rings. The molecule has 2 heterocycles. The van der Waals surface area contributed by atoms with E-state index in [4.69, 9.17) is 9.47 Å². The van der Waals surface area contributed by atoms with Crippen molar-refractivity contribution < 1.29 is 28.2 Å². The molecule has 0 aromatic heterocycles. The average Bonchev–Trinajstić information content (AvgIpc) is 3.55. The zero-order valence-corrected chi connectivity index (χ0v) is 18.2. The van der Waals surface area contributed by atoms with E-state index in [1.54, 1.807) is 24.0 Å². The van der Waals surface area contributed by atoms with Crippen LogP contribution < -0.4 is 10.2 Å². The Kier molecular flexibility index (Phi) is 7.48. The van der Waals surface area contributed by atoms with E-state index in [-0.39, 0.29) is 24.2 Å². The lowest BCUT2D eigenvalue weighted by Crippen LogP contribution is -2.56. The number of halogens is 1. The van der Waals surface area contributed by atoms with Crippen molar-refractivity contribution in [2.24, 2.45) is 5.92 Å². The van der Waals surface area contributed by atoms with E-state index < -0.39 is 30.1 Å². The van der Waals surface area contributed by atoms with Gasteiger partial charge in [0.15, 0.2) is 12.2 Å². The molecule has 1 aromatic carbocycles. The number of hydrogen-bond acceptors (Lipinski definition) is 6. The number of carbonyl (C=O) groups excluding carboxylic acids is 3. The summed E-state index contributed by atoms with van der Waals surface area (Å²) in [6.07, 6.45) is -1.31. The Morgan fingerprint density at radius 3 is 2.35 bits per heavy atom. The molecule has 0 aliphatic carbocycles. The molecule has 3 atom stereocenters. The summed E-state index contributed by atoms with van der Waals surface area (Å²) in [7, 11) is 0. The van der Waals surface area contributed by atoms with Gasteiger partial charge in [0.25, 0.3) is 5.91 Å². The third kappa shape index (κ3) is 5.94. The Morgan fingerprint density at radius 1 is 1.13 bits per heavy atom. The van der Waals surface area contributed by atoms with Gasteiger partial charge in [0.1, 0.15) is 11.9 Å². The van der Waals surface area contributed by atoms with Gasteiger partial charge in [-0.25, -0.2) is 9.18 Å². The molecule has 0 bridgehead atoms. The number of nitrogens with one attached hydrogen (secondary N) is 1. The number of nitrogens with zero attached hydrogens (tertiary/aromatic N) is 2. The van der Waals surface area contributed by atoms with Crippen LogP contribution in [0.25, 0.3) is 0 Å². The number of benzene rings is 1. The fraction of sp³-hybridized carbons (Fsp3) is 0.591. The zero-order valence-electron chi connectivity index (χ0n) is 18.2. The van der Waals surface area contributed by atoms with Gasteiger partial charge < -0.3 is 24.6 Å². The van der Waals surface area contributed by atoms with Crippen LogP contribution in [0.4, 0.5) is 10.1 Å². The fourth-order valence-corrected chi connectivity index (χ4v) is 3.72. The van der Waals surface area contributed by atoms with Gasteiger partial charge in [-0.1, -0.05) is 13.8 Å². The van der Waals surface area contributed by atoms with E-state index in [9.17, 15) is 18.8 Å². The van der Waals surface area contributed by atoms with E-state index in [2.05, 4.69) is 10.2 Å². The first-order chi connectivity index (χ1) is 14.8. The maximum Gasteiger partial charge on any atom is 0.338 e. The predicted octanol–water partition coefficient (Wildman–Crippen LogP) is 1.34. The van der Waals surface area contributed by atoms with Crippen LogP contribution in [0.1, 0.15) is 27.2 Å². The van der Waals surface area contributed by atoms with Crippen LogP contribution in [0.3, 0.4) is 0 Å². The van der Waals surface area contributed by atoms with Crippen molar-refractivity contribution in [3.05, 3.63) is 30.1 Å². The van der Waals surface area contributed by atoms with Gasteiger partial charge in [0, 0.05) is 31.9 Å². The molecule has 2 amide bonds. The minimum atomic E-state index is -0.906. The SMILES string of the molecule is CCOC(=O)[C@H]1O[C@@H]1C(=O)N[C@@H](CC(C)C)C(=O)N1CCN(c2ccc(F)cc2)CC1. The van der Waals surface area contributed by atoms with Crippen molar-refractivity contribution in [2.75, 3.05) is 37.7 Å². The van der Waals surface area contributed by atoms with Gasteiger partial charge in [-0.2, -0.15) is 0 Å². The van der Waals surface area contributed by atoms with Crippen LogP contribution in [0.2, 0.25) is 0 Å². The van der Waals surface area contributed by atoms with Gasteiger partial charge in [-0.05, 0) is 43.5 Å². The summed E-state index contributed by atoms with van der Waals surface area (Å²) in [6.45, 7) is 8.11. The average molecular weight is 435 g/mol. The maximum absolute atomic E-state index is 13.1. The number of carbonyl (C=O) groups is 3. The summed E-state index contributed by atoms with van der Waals surface area (Å²) in [6, 6.07) is 5.61. The molecule has 8 nitrogen and oxygen atoms in total. The molecule has 2 saturated heterocycles. The number of piperazine rings is 1. The topological polar surface area (TPSA) is 91.5 Å². The molecule has 1 N–H and O–H groups in total. The molecular formula is C22H30FN3O5. The zero-order chi connectivity index (χ0) is 22.5. The Morgan fingerprint density at radius 2 is 1.77 bits per heavy atom. The van der Waals surface area contributed by atoms with Crippen molar-refractivity contribution in [1.82, 2.24) is 10.2 Å². The normalized spacial score (nSPS) is 21.6. The lowest BCUT2D eigenvalue weighted by Gasteiger charge is -2.38. The summed E-state index contributed by atoms with van der Waals surface area (Å²) < 4.78 is 23.2. The number of anilines is 1. The molecule has 2 aliphatic heterocycles. The number of hydrogen-bond donors (Lipinski definition) is 1. The van der Waals surface area contributed by atoms with Crippen molar-refractivity contribution in [3.8, 4) is 0 Å². The monoisotopic (exact) mass is 435 g/mol. The molecule has 2 fully saturated rings. The first-order valence-corrected chi connectivity index (χ1v) is 10.7. The molecule has 0 unspecified atom stereocenters. The smallest absolute Gasteiger partial charge is 0.338 e. The highest BCUT2D eigenvalue weighted by Crippen LogP contribution is 2.24. The van der Waals surface area contributed by atoms with Crippen LogP contribution in [-0.2, 0) is 23.9 Å². The van der Waals surface area contributed by atoms with E-state index in [0.717, 1.165) is 5.69 Å². The van der Waals surface area contributed by atoms with Gasteiger partial charge in [-0.3, -0.25) is 9.59 Å². The standard InChI is InChI=1S/C22H30FN3O5/c1-4-30-22(29)19-18(31-19)20(27)24-17(13-14(2)3)21(28)26-11-9-25(10-12-26)16-7-5-15(23)6-8-16/h5-8,14,17-19H,4,9-13H2,1-3H3,(H,24,27)/t17-,18-,19-/m0/s1. The molecule has 2 aliphatic rings. The van der Waals surface area contributed by atoms with Crippen LogP contribution in [0.5, 0.6) is 0 Å². The molecule has 9 heteroatoms. The first kappa shape index (κ1) is 23.0. The van der Waals surface area contributed by atoms with E-state index in [1.807, 2.05) is 13.8 Å². The summed E-state index contributed by atoms with van der Waals surface area (Å²) in [5.74, 6) is -1.27. The highest BCUT2D eigenvalue weighted by Gasteiger charge is 2.52. The largest absolute Gasteiger partial charge is 0.464 e. The Labute approximate surface area is 181 Å². The number of amides is 2. The molecule has 0 saturated carbocycles. The second kappa shape index (κ2) is 10.1. The first-order valence-electron chi connectivity index (χ1n) is 10.7. The van der Waals surface area contributed by atoms with E-state index in [0.29, 0.717) is 32.6 Å². The number of rotatable bonds is 8. The summed E-state index contributed by atoms with van der Waals surface area (Å²) >= 11 is 0. The maximum atomic E-state index is 13.1. The highest BCUT2D eigenvalue weighted by atomic mass is 19.1. The summed E-state index contributed by atoms with van der Waals surface area (Å²) in [4.78, 5) is 41.2.